The van der Waals surface area contributed by atoms with Crippen molar-refractivity contribution >= 4 is 11.3 Å². The number of hydrogen-bond acceptors (Lipinski definition) is 3. The first-order valence-corrected chi connectivity index (χ1v) is 7.67. The molecule has 0 radical (unpaired) electrons. The van der Waals surface area contributed by atoms with Gasteiger partial charge in [-0.2, -0.15) is 0 Å². The van der Waals surface area contributed by atoms with Crippen molar-refractivity contribution in [1.29, 1.82) is 0 Å². The van der Waals surface area contributed by atoms with Crippen LogP contribution in [0.4, 0.5) is 0 Å². The molecule has 0 bridgehead atoms. The van der Waals surface area contributed by atoms with E-state index in [1.165, 1.54) is 9.75 Å². The molecule has 0 spiro atoms. The molecule has 0 aromatic carbocycles. The first-order valence-electron chi connectivity index (χ1n) is 6.86. The highest BCUT2D eigenvalue weighted by Gasteiger charge is 2.09. The summed E-state index contributed by atoms with van der Waals surface area (Å²) in [6.07, 6.45) is 3.95. The summed E-state index contributed by atoms with van der Waals surface area (Å²) in [7, 11) is 0. The Labute approximate surface area is 119 Å². The number of hydrogen-bond donors (Lipinski definition) is 1. The molecule has 2 aromatic heterocycles. The van der Waals surface area contributed by atoms with Crippen LogP contribution in [0, 0.1) is 12.8 Å². The second kappa shape index (κ2) is 6.35. The van der Waals surface area contributed by atoms with Gasteiger partial charge in [-0.3, -0.25) is 0 Å². The summed E-state index contributed by atoms with van der Waals surface area (Å²) in [5.41, 5.74) is 0. The van der Waals surface area contributed by atoms with Gasteiger partial charge in [0.2, 0.25) is 0 Å². The third-order valence-electron chi connectivity index (χ3n) is 3.12. The average molecular weight is 277 g/mol. The lowest BCUT2D eigenvalue weighted by Crippen LogP contribution is -2.20. The summed E-state index contributed by atoms with van der Waals surface area (Å²) >= 11 is 1.86. The Bertz CT molecular complexity index is 513. The van der Waals surface area contributed by atoms with Crippen LogP contribution >= 0.6 is 11.3 Å². The van der Waals surface area contributed by atoms with Gasteiger partial charge in [-0.05, 0) is 31.9 Å². The molecule has 4 heteroatoms. The van der Waals surface area contributed by atoms with Crippen molar-refractivity contribution < 1.29 is 0 Å². The Morgan fingerprint density at radius 3 is 2.74 bits per heavy atom. The summed E-state index contributed by atoms with van der Waals surface area (Å²) in [6.45, 7) is 10.7. The number of imidazole rings is 1. The fourth-order valence-corrected chi connectivity index (χ4v) is 3.00. The molecule has 2 rings (SSSR count). The largest absolute Gasteiger partial charge is 0.334 e. The normalized spacial score (nSPS) is 13.1. The van der Waals surface area contributed by atoms with E-state index in [0.717, 1.165) is 18.9 Å². The van der Waals surface area contributed by atoms with E-state index in [4.69, 9.17) is 0 Å². The number of thiophene rings is 1. The molecule has 0 fully saturated rings. The molecule has 0 amide bonds. The van der Waals surface area contributed by atoms with E-state index < -0.39 is 0 Å². The molecule has 0 saturated heterocycles. The molecule has 104 valence electrons. The minimum Gasteiger partial charge on any atom is -0.334 e. The van der Waals surface area contributed by atoms with Crippen molar-refractivity contribution in [3.63, 3.8) is 0 Å². The number of aromatic nitrogens is 2. The van der Waals surface area contributed by atoms with E-state index in [0.29, 0.717) is 12.0 Å². The predicted octanol–water partition coefficient (Wildman–Crippen LogP) is 3.76. The third-order valence-corrected chi connectivity index (χ3v) is 4.30. The molecule has 1 atom stereocenters. The molecule has 19 heavy (non-hydrogen) atoms. The Hall–Kier alpha value is -1.13. The number of nitrogens with zero attached hydrogens (tertiary/aromatic N) is 2. The smallest absolute Gasteiger partial charge is 0.122 e. The number of aryl methyl sites for hydroxylation is 1. The van der Waals surface area contributed by atoms with Crippen molar-refractivity contribution in [1.82, 2.24) is 14.9 Å². The maximum absolute atomic E-state index is 4.44. The standard InChI is InChI=1S/C15H23N3S/c1-11(2)10-18-8-7-16-15(18)9-17-13(4)14-6-5-12(3)19-14/h5-8,11,13,17H,9-10H2,1-4H3. The molecule has 1 N–H and O–H groups in total. The SMILES string of the molecule is Cc1ccc(C(C)NCc2nccn2CC(C)C)s1. The quantitative estimate of drug-likeness (QED) is 0.871. The van der Waals surface area contributed by atoms with Crippen molar-refractivity contribution in [2.45, 2.75) is 46.8 Å². The van der Waals surface area contributed by atoms with E-state index in [1.807, 2.05) is 17.5 Å². The summed E-state index contributed by atoms with van der Waals surface area (Å²) in [4.78, 5) is 7.20. The van der Waals surface area contributed by atoms with Gasteiger partial charge in [0, 0.05) is 34.7 Å². The molecule has 2 heterocycles. The van der Waals surface area contributed by atoms with E-state index in [2.05, 4.69) is 60.9 Å². The zero-order chi connectivity index (χ0) is 13.8. The average Bonchev–Trinajstić information content (AvgIpc) is 2.95. The van der Waals surface area contributed by atoms with Gasteiger partial charge in [0.15, 0.2) is 0 Å². The lowest BCUT2D eigenvalue weighted by atomic mass is 10.2. The molecular formula is C15H23N3S. The maximum Gasteiger partial charge on any atom is 0.122 e. The Morgan fingerprint density at radius 2 is 2.11 bits per heavy atom. The summed E-state index contributed by atoms with van der Waals surface area (Å²) < 4.78 is 2.24. The van der Waals surface area contributed by atoms with Gasteiger partial charge in [0.25, 0.3) is 0 Å². The second-order valence-electron chi connectivity index (χ2n) is 5.44. The van der Waals surface area contributed by atoms with Crippen LogP contribution in [0.1, 0.15) is 42.4 Å². The fraction of sp³-hybridized carbons (Fsp3) is 0.533. The van der Waals surface area contributed by atoms with Gasteiger partial charge in [-0.1, -0.05) is 13.8 Å². The van der Waals surface area contributed by atoms with Crippen LogP contribution in [0.2, 0.25) is 0 Å². The van der Waals surface area contributed by atoms with Crippen LogP contribution in [0.3, 0.4) is 0 Å². The van der Waals surface area contributed by atoms with E-state index in [1.54, 1.807) is 0 Å². The molecular weight excluding hydrogens is 254 g/mol. The zero-order valence-corrected chi connectivity index (χ0v) is 13.0. The molecule has 0 aliphatic carbocycles. The van der Waals surface area contributed by atoms with Crippen molar-refractivity contribution in [2.24, 2.45) is 5.92 Å². The van der Waals surface area contributed by atoms with Gasteiger partial charge in [0.1, 0.15) is 5.82 Å². The molecule has 0 saturated carbocycles. The van der Waals surface area contributed by atoms with Gasteiger partial charge in [-0.15, -0.1) is 11.3 Å². The number of rotatable bonds is 6. The topological polar surface area (TPSA) is 29.9 Å². The van der Waals surface area contributed by atoms with Crippen molar-refractivity contribution in [3.05, 3.63) is 40.1 Å². The van der Waals surface area contributed by atoms with E-state index in [9.17, 15) is 0 Å². The van der Waals surface area contributed by atoms with Crippen LogP contribution in [-0.4, -0.2) is 9.55 Å². The highest BCUT2D eigenvalue weighted by molar-refractivity contribution is 7.12. The van der Waals surface area contributed by atoms with Crippen LogP contribution in [-0.2, 0) is 13.1 Å². The van der Waals surface area contributed by atoms with Crippen LogP contribution < -0.4 is 5.32 Å². The van der Waals surface area contributed by atoms with Gasteiger partial charge >= 0.3 is 0 Å². The maximum atomic E-state index is 4.44. The predicted molar refractivity (Wildman–Crippen MR) is 81.4 cm³/mol. The van der Waals surface area contributed by atoms with Crippen molar-refractivity contribution in [2.75, 3.05) is 0 Å². The fourth-order valence-electron chi connectivity index (χ4n) is 2.10. The molecule has 2 aromatic rings. The molecule has 3 nitrogen and oxygen atoms in total. The lowest BCUT2D eigenvalue weighted by Gasteiger charge is -2.14. The van der Waals surface area contributed by atoms with Crippen LogP contribution in [0.25, 0.3) is 0 Å². The summed E-state index contributed by atoms with van der Waals surface area (Å²) in [6, 6.07) is 4.76. The van der Waals surface area contributed by atoms with Crippen LogP contribution in [0.5, 0.6) is 0 Å². The van der Waals surface area contributed by atoms with E-state index in [-0.39, 0.29) is 0 Å². The summed E-state index contributed by atoms with van der Waals surface area (Å²) in [5.74, 6) is 1.76. The highest BCUT2D eigenvalue weighted by atomic mass is 32.1. The van der Waals surface area contributed by atoms with Crippen LogP contribution in [0.15, 0.2) is 24.5 Å². The molecule has 0 aliphatic rings. The minimum absolute atomic E-state index is 0.378. The lowest BCUT2D eigenvalue weighted by molar-refractivity contribution is 0.484. The van der Waals surface area contributed by atoms with Gasteiger partial charge in [-0.25, -0.2) is 4.98 Å². The number of nitrogens with one attached hydrogen (secondary N) is 1. The first kappa shape index (κ1) is 14.3. The van der Waals surface area contributed by atoms with E-state index >= 15 is 0 Å². The molecule has 0 aliphatic heterocycles. The van der Waals surface area contributed by atoms with Gasteiger partial charge in [0.05, 0.1) is 6.54 Å². The minimum atomic E-state index is 0.378. The Balaban J connectivity index is 1.93. The highest BCUT2D eigenvalue weighted by Crippen LogP contribution is 2.22. The van der Waals surface area contributed by atoms with Crippen molar-refractivity contribution in [3.8, 4) is 0 Å². The van der Waals surface area contributed by atoms with Gasteiger partial charge < -0.3 is 9.88 Å². The zero-order valence-electron chi connectivity index (χ0n) is 12.2. The summed E-state index contributed by atoms with van der Waals surface area (Å²) in [5, 5.41) is 3.56. The monoisotopic (exact) mass is 277 g/mol. The molecule has 1 unspecified atom stereocenters. The Morgan fingerprint density at radius 1 is 1.32 bits per heavy atom. The Kier molecular flexibility index (Phi) is 4.77. The first-order chi connectivity index (χ1) is 9.06. The second-order valence-corrected chi connectivity index (χ2v) is 6.76. The third kappa shape index (κ3) is 3.91.